The zero-order valence-electron chi connectivity index (χ0n) is 17.1. The molecule has 0 bridgehead atoms. The van der Waals surface area contributed by atoms with Crippen LogP contribution in [0, 0.1) is 0 Å². The van der Waals surface area contributed by atoms with Gasteiger partial charge in [-0.2, -0.15) is 0 Å². The van der Waals surface area contributed by atoms with Gasteiger partial charge in [0, 0.05) is 50.7 Å². The Morgan fingerprint density at radius 3 is 2.59 bits per heavy atom. The van der Waals surface area contributed by atoms with Crippen LogP contribution in [-0.4, -0.2) is 73.8 Å². The van der Waals surface area contributed by atoms with Crippen LogP contribution in [0.1, 0.15) is 23.7 Å². The fraction of sp³-hybridized carbons (Fsp3) is 0.476. The number of amides is 1. The fourth-order valence-corrected chi connectivity index (χ4v) is 3.32. The van der Waals surface area contributed by atoms with E-state index < -0.39 is 0 Å². The monoisotopic (exact) mass is 399 g/mol. The normalized spacial score (nSPS) is 14.5. The Kier molecular flexibility index (Phi) is 7.63. The number of piperazine rings is 1. The summed E-state index contributed by atoms with van der Waals surface area (Å²) in [7, 11) is 1.59. The van der Waals surface area contributed by atoms with Gasteiger partial charge in [0.2, 0.25) is 5.95 Å². The highest BCUT2D eigenvalue weighted by atomic mass is 16.5. The Morgan fingerprint density at radius 2 is 1.90 bits per heavy atom. The summed E-state index contributed by atoms with van der Waals surface area (Å²) in [4.78, 5) is 25.6. The Hall–Kier alpha value is -2.87. The summed E-state index contributed by atoms with van der Waals surface area (Å²) < 4.78 is 10.8. The van der Waals surface area contributed by atoms with Crippen molar-refractivity contribution >= 4 is 11.9 Å². The van der Waals surface area contributed by atoms with Crippen molar-refractivity contribution in [3.05, 3.63) is 42.2 Å². The summed E-state index contributed by atoms with van der Waals surface area (Å²) in [5, 5.41) is 2.99. The van der Waals surface area contributed by atoms with Gasteiger partial charge in [0.15, 0.2) is 11.5 Å². The predicted octanol–water partition coefficient (Wildman–Crippen LogP) is 1.83. The van der Waals surface area contributed by atoms with Gasteiger partial charge in [-0.25, -0.2) is 9.97 Å². The molecule has 1 aliphatic heterocycles. The van der Waals surface area contributed by atoms with Crippen LogP contribution >= 0.6 is 0 Å². The first-order valence-corrected chi connectivity index (χ1v) is 10.0. The highest BCUT2D eigenvalue weighted by molar-refractivity contribution is 5.94. The summed E-state index contributed by atoms with van der Waals surface area (Å²) in [6.45, 7) is 7.80. The number of carbonyl (C=O) groups excluding carboxylic acids is 1. The van der Waals surface area contributed by atoms with Crippen LogP contribution in [0.2, 0.25) is 0 Å². The van der Waals surface area contributed by atoms with Crippen LogP contribution in [-0.2, 0) is 0 Å². The maximum Gasteiger partial charge on any atom is 0.251 e. The molecule has 3 rings (SSSR count). The zero-order chi connectivity index (χ0) is 20.5. The molecule has 1 N–H and O–H groups in total. The second-order valence-electron chi connectivity index (χ2n) is 6.79. The lowest BCUT2D eigenvalue weighted by atomic mass is 10.2. The van der Waals surface area contributed by atoms with Gasteiger partial charge in [0.1, 0.15) is 0 Å². The second-order valence-corrected chi connectivity index (χ2v) is 6.79. The lowest BCUT2D eigenvalue weighted by molar-refractivity contribution is 0.0951. The van der Waals surface area contributed by atoms with Crippen molar-refractivity contribution in [2.45, 2.75) is 13.3 Å². The number of rotatable bonds is 9. The van der Waals surface area contributed by atoms with Crippen LogP contribution in [0.4, 0.5) is 5.95 Å². The van der Waals surface area contributed by atoms with Crippen molar-refractivity contribution in [3.63, 3.8) is 0 Å². The summed E-state index contributed by atoms with van der Waals surface area (Å²) >= 11 is 0. The molecule has 0 atom stereocenters. The molecule has 29 heavy (non-hydrogen) atoms. The molecular weight excluding hydrogens is 370 g/mol. The molecule has 0 radical (unpaired) electrons. The molecule has 1 fully saturated rings. The average molecular weight is 399 g/mol. The maximum atomic E-state index is 12.4. The summed E-state index contributed by atoms with van der Waals surface area (Å²) in [6.07, 6.45) is 4.46. The topological polar surface area (TPSA) is 79.8 Å². The molecule has 1 amide bonds. The smallest absolute Gasteiger partial charge is 0.251 e. The fourth-order valence-electron chi connectivity index (χ4n) is 3.32. The van der Waals surface area contributed by atoms with Gasteiger partial charge in [-0.3, -0.25) is 9.69 Å². The van der Waals surface area contributed by atoms with E-state index in [-0.39, 0.29) is 5.91 Å². The van der Waals surface area contributed by atoms with Gasteiger partial charge in [-0.15, -0.1) is 0 Å². The van der Waals surface area contributed by atoms with Crippen molar-refractivity contribution in [1.29, 1.82) is 0 Å². The minimum absolute atomic E-state index is 0.0975. The van der Waals surface area contributed by atoms with Gasteiger partial charge >= 0.3 is 0 Å². The number of nitrogens with zero attached hydrogens (tertiary/aromatic N) is 4. The third kappa shape index (κ3) is 5.80. The van der Waals surface area contributed by atoms with Crippen LogP contribution in [0.25, 0.3) is 0 Å². The molecule has 0 saturated carbocycles. The Morgan fingerprint density at radius 1 is 1.14 bits per heavy atom. The van der Waals surface area contributed by atoms with Crippen molar-refractivity contribution in [1.82, 2.24) is 20.2 Å². The minimum atomic E-state index is -0.0975. The zero-order valence-corrected chi connectivity index (χ0v) is 17.1. The third-order valence-corrected chi connectivity index (χ3v) is 4.87. The second kappa shape index (κ2) is 10.6. The van der Waals surface area contributed by atoms with Crippen molar-refractivity contribution in [2.24, 2.45) is 0 Å². The number of anilines is 1. The molecular formula is C21H29N5O3. The Bertz CT molecular complexity index is 779. The van der Waals surface area contributed by atoms with E-state index in [0.717, 1.165) is 45.1 Å². The van der Waals surface area contributed by atoms with E-state index in [1.54, 1.807) is 37.7 Å². The van der Waals surface area contributed by atoms with E-state index in [0.29, 0.717) is 30.2 Å². The van der Waals surface area contributed by atoms with Gasteiger partial charge in [-0.1, -0.05) is 0 Å². The highest BCUT2D eigenvalue weighted by Crippen LogP contribution is 2.28. The first-order valence-electron chi connectivity index (χ1n) is 10.0. The molecule has 8 nitrogen and oxygen atoms in total. The standard InChI is InChI=1S/C21H29N5O3/c1-3-29-19-16-17(6-7-18(19)28-2)20(27)22-10-5-11-25-12-14-26(15-13-25)21-23-8-4-9-24-21/h4,6-9,16H,3,5,10-15H2,1-2H3,(H,22,27). The Balaban J connectivity index is 1.38. The summed E-state index contributed by atoms with van der Waals surface area (Å²) in [5.74, 6) is 1.91. The molecule has 2 heterocycles. The predicted molar refractivity (Wildman–Crippen MR) is 112 cm³/mol. The molecule has 156 valence electrons. The van der Waals surface area contributed by atoms with E-state index in [1.807, 2.05) is 13.0 Å². The number of hydrogen-bond donors (Lipinski definition) is 1. The van der Waals surface area contributed by atoms with Crippen molar-refractivity contribution in [2.75, 3.05) is 57.9 Å². The van der Waals surface area contributed by atoms with Gasteiger partial charge in [0.25, 0.3) is 5.91 Å². The average Bonchev–Trinajstić information content (AvgIpc) is 2.78. The summed E-state index contributed by atoms with van der Waals surface area (Å²) in [6, 6.07) is 7.07. The number of hydrogen-bond acceptors (Lipinski definition) is 7. The van der Waals surface area contributed by atoms with E-state index in [2.05, 4.69) is 25.1 Å². The van der Waals surface area contributed by atoms with Crippen LogP contribution in [0.3, 0.4) is 0 Å². The largest absolute Gasteiger partial charge is 0.493 e. The molecule has 2 aromatic rings. The first kappa shape index (κ1) is 20.9. The minimum Gasteiger partial charge on any atom is -0.493 e. The third-order valence-electron chi connectivity index (χ3n) is 4.87. The van der Waals surface area contributed by atoms with Crippen LogP contribution < -0.4 is 19.7 Å². The highest BCUT2D eigenvalue weighted by Gasteiger charge is 2.18. The van der Waals surface area contributed by atoms with E-state index >= 15 is 0 Å². The number of methoxy groups -OCH3 is 1. The number of aromatic nitrogens is 2. The molecule has 1 saturated heterocycles. The lowest BCUT2D eigenvalue weighted by Crippen LogP contribution is -2.47. The van der Waals surface area contributed by atoms with E-state index in [9.17, 15) is 4.79 Å². The van der Waals surface area contributed by atoms with Gasteiger partial charge in [-0.05, 0) is 44.2 Å². The van der Waals surface area contributed by atoms with Gasteiger partial charge in [0.05, 0.1) is 13.7 Å². The first-order chi connectivity index (χ1) is 14.2. The number of nitrogens with one attached hydrogen (secondary N) is 1. The molecule has 1 aliphatic rings. The number of benzene rings is 1. The molecule has 0 spiro atoms. The Labute approximate surface area is 171 Å². The molecule has 0 unspecified atom stereocenters. The van der Waals surface area contributed by atoms with Crippen LogP contribution in [0.15, 0.2) is 36.7 Å². The SMILES string of the molecule is CCOc1cc(C(=O)NCCCN2CCN(c3ncccn3)CC2)ccc1OC. The quantitative estimate of drug-likeness (QED) is 0.645. The van der Waals surface area contributed by atoms with Crippen molar-refractivity contribution in [3.8, 4) is 11.5 Å². The molecule has 1 aromatic carbocycles. The number of carbonyl (C=O) groups is 1. The van der Waals surface area contributed by atoms with E-state index in [1.165, 1.54) is 0 Å². The molecule has 1 aromatic heterocycles. The van der Waals surface area contributed by atoms with Crippen molar-refractivity contribution < 1.29 is 14.3 Å². The maximum absolute atomic E-state index is 12.4. The van der Waals surface area contributed by atoms with E-state index in [4.69, 9.17) is 9.47 Å². The van der Waals surface area contributed by atoms with Gasteiger partial charge < -0.3 is 19.7 Å². The van der Waals surface area contributed by atoms with Crippen LogP contribution in [0.5, 0.6) is 11.5 Å². The number of ether oxygens (including phenoxy) is 2. The lowest BCUT2D eigenvalue weighted by Gasteiger charge is -2.34. The molecule has 0 aliphatic carbocycles. The summed E-state index contributed by atoms with van der Waals surface area (Å²) in [5.41, 5.74) is 0.575. The molecule has 8 heteroatoms.